The average Bonchev–Trinajstić information content (AvgIpc) is 3.26. The summed E-state index contributed by atoms with van der Waals surface area (Å²) in [5.74, 6) is 0. The van der Waals surface area contributed by atoms with Crippen molar-refractivity contribution in [1.82, 2.24) is 0 Å². The van der Waals surface area contributed by atoms with Gasteiger partial charge in [0.1, 0.15) is 0 Å². The van der Waals surface area contributed by atoms with Crippen molar-refractivity contribution in [2.75, 3.05) is 13.2 Å². The second kappa shape index (κ2) is 11.4. The lowest BCUT2D eigenvalue weighted by molar-refractivity contribution is -0.128. The van der Waals surface area contributed by atoms with Crippen LogP contribution < -0.4 is 0 Å². The molecular weight excluding hydrogens is 288 g/mol. The molecule has 0 aromatic carbocycles. The van der Waals surface area contributed by atoms with E-state index in [0.29, 0.717) is 12.2 Å². The molecule has 2 aliphatic heterocycles. The first kappa shape index (κ1) is 19.2. The quantitative estimate of drug-likeness (QED) is 0.458. The molecule has 0 N–H and O–H groups in total. The maximum absolute atomic E-state index is 6.66. The Morgan fingerprint density at radius 2 is 1.26 bits per heavy atom. The lowest BCUT2D eigenvalue weighted by Gasteiger charge is -2.31. The Balaban J connectivity index is 1.89. The van der Waals surface area contributed by atoms with Gasteiger partial charge in [-0.05, 0) is 38.5 Å². The molecule has 0 spiro atoms. The van der Waals surface area contributed by atoms with Crippen LogP contribution in [-0.4, -0.2) is 37.6 Å². The minimum absolute atomic E-state index is 0.278. The molecule has 2 aliphatic rings. The van der Waals surface area contributed by atoms with E-state index < -0.39 is 0 Å². The normalized spacial score (nSPS) is 27.4. The molecule has 4 unspecified atom stereocenters. The lowest BCUT2D eigenvalue weighted by Crippen LogP contribution is -2.38. The van der Waals surface area contributed by atoms with E-state index in [1.165, 1.54) is 64.2 Å². The van der Waals surface area contributed by atoms with Gasteiger partial charge >= 0.3 is 0 Å². The van der Waals surface area contributed by atoms with E-state index in [1.807, 2.05) is 0 Å². The summed E-state index contributed by atoms with van der Waals surface area (Å²) < 4.78 is 18.6. The van der Waals surface area contributed by atoms with Gasteiger partial charge in [0, 0.05) is 13.2 Å². The van der Waals surface area contributed by atoms with E-state index in [2.05, 4.69) is 13.8 Å². The summed E-state index contributed by atoms with van der Waals surface area (Å²) >= 11 is 0. The van der Waals surface area contributed by atoms with Crippen LogP contribution in [0.2, 0.25) is 0 Å². The van der Waals surface area contributed by atoms with Crippen molar-refractivity contribution < 1.29 is 14.2 Å². The van der Waals surface area contributed by atoms with E-state index in [9.17, 15) is 0 Å². The fourth-order valence-corrected chi connectivity index (χ4v) is 3.89. The molecule has 0 aliphatic carbocycles. The van der Waals surface area contributed by atoms with Crippen LogP contribution in [0.5, 0.6) is 0 Å². The third-order valence-electron chi connectivity index (χ3n) is 5.29. The molecule has 136 valence electrons. The summed E-state index contributed by atoms with van der Waals surface area (Å²) in [4.78, 5) is 0. The number of rotatable bonds is 12. The van der Waals surface area contributed by atoms with Crippen molar-refractivity contribution in [2.24, 2.45) is 0 Å². The molecule has 0 aromatic heterocycles. The van der Waals surface area contributed by atoms with Crippen LogP contribution in [0.1, 0.15) is 90.9 Å². The van der Waals surface area contributed by atoms with Crippen molar-refractivity contribution in [1.29, 1.82) is 0 Å². The van der Waals surface area contributed by atoms with Crippen LogP contribution in [0, 0.1) is 0 Å². The second-order valence-corrected chi connectivity index (χ2v) is 7.31. The maximum Gasteiger partial charge on any atom is 0.0841 e. The summed E-state index contributed by atoms with van der Waals surface area (Å²) in [6.45, 7) is 6.36. The first-order valence-corrected chi connectivity index (χ1v) is 10.2. The van der Waals surface area contributed by atoms with Gasteiger partial charge in [0.15, 0.2) is 0 Å². The summed E-state index contributed by atoms with van der Waals surface area (Å²) in [7, 11) is 0. The molecule has 2 saturated heterocycles. The molecular formula is C20H38O3. The van der Waals surface area contributed by atoms with E-state index in [1.54, 1.807) is 0 Å². The topological polar surface area (TPSA) is 27.7 Å². The Bertz CT molecular complexity index is 255. The number of hydrogen-bond donors (Lipinski definition) is 0. The van der Waals surface area contributed by atoms with Crippen LogP contribution in [0.4, 0.5) is 0 Å². The molecule has 2 rings (SSSR count). The SMILES string of the molecule is CCCCCC(OC(CCCCC)C1CCCO1)C1CCCO1. The Morgan fingerprint density at radius 1 is 0.783 bits per heavy atom. The van der Waals surface area contributed by atoms with Crippen LogP contribution in [0.25, 0.3) is 0 Å². The third-order valence-corrected chi connectivity index (χ3v) is 5.29. The van der Waals surface area contributed by atoms with E-state index >= 15 is 0 Å². The molecule has 4 atom stereocenters. The van der Waals surface area contributed by atoms with Gasteiger partial charge < -0.3 is 14.2 Å². The van der Waals surface area contributed by atoms with Gasteiger partial charge in [0.2, 0.25) is 0 Å². The third kappa shape index (κ3) is 6.72. The fourth-order valence-electron chi connectivity index (χ4n) is 3.89. The minimum atomic E-state index is 0.278. The van der Waals surface area contributed by atoms with Crippen molar-refractivity contribution in [2.45, 2.75) is 115 Å². The van der Waals surface area contributed by atoms with Gasteiger partial charge in [-0.1, -0.05) is 52.4 Å². The first-order valence-electron chi connectivity index (χ1n) is 10.2. The zero-order valence-corrected chi connectivity index (χ0v) is 15.4. The lowest BCUT2D eigenvalue weighted by atomic mass is 10.0. The van der Waals surface area contributed by atoms with Gasteiger partial charge in [0.05, 0.1) is 24.4 Å². The largest absolute Gasteiger partial charge is 0.376 e. The van der Waals surface area contributed by atoms with Crippen LogP contribution in [0.15, 0.2) is 0 Å². The van der Waals surface area contributed by atoms with Gasteiger partial charge in [-0.3, -0.25) is 0 Å². The molecule has 23 heavy (non-hydrogen) atoms. The number of hydrogen-bond acceptors (Lipinski definition) is 3. The summed E-state index contributed by atoms with van der Waals surface area (Å²) in [5.41, 5.74) is 0. The van der Waals surface area contributed by atoms with Crippen molar-refractivity contribution >= 4 is 0 Å². The van der Waals surface area contributed by atoms with Crippen molar-refractivity contribution in [3.63, 3.8) is 0 Å². The maximum atomic E-state index is 6.66. The second-order valence-electron chi connectivity index (χ2n) is 7.31. The van der Waals surface area contributed by atoms with Gasteiger partial charge in [-0.25, -0.2) is 0 Å². The van der Waals surface area contributed by atoms with Crippen LogP contribution >= 0.6 is 0 Å². The zero-order chi connectivity index (χ0) is 16.3. The highest BCUT2D eigenvalue weighted by atomic mass is 16.6. The molecule has 0 radical (unpaired) electrons. The van der Waals surface area contributed by atoms with Crippen LogP contribution in [0.3, 0.4) is 0 Å². The molecule has 2 fully saturated rings. The summed E-state index contributed by atoms with van der Waals surface area (Å²) in [6.07, 6.45) is 15.9. The predicted molar refractivity (Wildman–Crippen MR) is 94.9 cm³/mol. The Morgan fingerprint density at radius 3 is 1.61 bits per heavy atom. The highest BCUT2D eigenvalue weighted by Gasteiger charge is 2.33. The van der Waals surface area contributed by atoms with Crippen LogP contribution in [-0.2, 0) is 14.2 Å². The van der Waals surface area contributed by atoms with E-state index in [-0.39, 0.29) is 12.2 Å². The van der Waals surface area contributed by atoms with Gasteiger partial charge in [0.25, 0.3) is 0 Å². The number of unbranched alkanes of at least 4 members (excludes halogenated alkanes) is 4. The molecule has 2 heterocycles. The van der Waals surface area contributed by atoms with Crippen molar-refractivity contribution in [3.8, 4) is 0 Å². The van der Waals surface area contributed by atoms with E-state index in [4.69, 9.17) is 14.2 Å². The highest BCUT2D eigenvalue weighted by Crippen LogP contribution is 2.28. The molecule has 0 bridgehead atoms. The zero-order valence-electron chi connectivity index (χ0n) is 15.4. The molecule has 0 saturated carbocycles. The fraction of sp³-hybridized carbons (Fsp3) is 1.00. The standard InChI is InChI=1S/C20H38O3/c1-3-5-7-11-19(17-13-9-15-21-17)23-20(12-8-6-4-2)18-14-10-16-22-18/h17-20H,3-16H2,1-2H3. The van der Waals surface area contributed by atoms with Gasteiger partial charge in [-0.15, -0.1) is 0 Å². The smallest absolute Gasteiger partial charge is 0.0841 e. The minimum Gasteiger partial charge on any atom is -0.376 e. The summed E-state index contributed by atoms with van der Waals surface area (Å²) in [5, 5.41) is 0. The van der Waals surface area contributed by atoms with Gasteiger partial charge in [-0.2, -0.15) is 0 Å². The molecule has 3 nitrogen and oxygen atoms in total. The highest BCUT2D eigenvalue weighted by molar-refractivity contribution is 4.81. The summed E-state index contributed by atoms with van der Waals surface area (Å²) in [6, 6.07) is 0. The Labute approximate surface area is 143 Å². The monoisotopic (exact) mass is 326 g/mol. The molecule has 0 amide bonds. The Hall–Kier alpha value is -0.120. The molecule has 0 aromatic rings. The predicted octanol–water partition coefficient (Wildman–Crippen LogP) is 5.26. The molecule has 3 heteroatoms. The Kier molecular flexibility index (Phi) is 9.55. The first-order chi connectivity index (χ1) is 11.3. The van der Waals surface area contributed by atoms with Crippen molar-refractivity contribution in [3.05, 3.63) is 0 Å². The number of ether oxygens (including phenoxy) is 3. The average molecular weight is 327 g/mol. The van der Waals surface area contributed by atoms with E-state index in [0.717, 1.165) is 26.1 Å².